The molecular formula is C21H17FN4O. The zero-order valence-corrected chi connectivity index (χ0v) is 14.7. The Morgan fingerprint density at radius 3 is 2.70 bits per heavy atom. The molecule has 2 aromatic heterocycles. The second-order valence-corrected chi connectivity index (χ2v) is 6.52. The number of pyridine rings is 1. The molecule has 0 saturated carbocycles. The fraction of sp³-hybridized carbons (Fsp3) is 0.143. The minimum atomic E-state index is -0.526. The maximum atomic E-state index is 14.0. The van der Waals surface area contributed by atoms with Gasteiger partial charge in [-0.1, -0.05) is 43.3 Å². The summed E-state index contributed by atoms with van der Waals surface area (Å²) in [4.78, 5) is 25.4. The molecule has 5 nitrogen and oxygen atoms in total. The summed E-state index contributed by atoms with van der Waals surface area (Å²) in [5.41, 5.74) is 7.77. The van der Waals surface area contributed by atoms with Gasteiger partial charge in [-0.05, 0) is 23.6 Å². The number of nitrogens with zero attached hydrogens (tertiary/aromatic N) is 3. The van der Waals surface area contributed by atoms with E-state index < -0.39 is 5.82 Å². The van der Waals surface area contributed by atoms with Crippen molar-refractivity contribution in [2.24, 2.45) is 0 Å². The zero-order valence-electron chi connectivity index (χ0n) is 14.7. The normalized spacial score (nSPS) is 12.4. The summed E-state index contributed by atoms with van der Waals surface area (Å²) in [6.07, 6.45) is 1.94. The van der Waals surface area contributed by atoms with Crippen LogP contribution < -0.4 is 5.73 Å². The molecule has 0 bridgehead atoms. The largest absolute Gasteiger partial charge is 0.368 e. The zero-order chi connectivity index (χ0) is 19.0. The van der Waals surface area contributed by atoms with E-state index in [9.17, 15) is 9.18 Å². The smallest absolute Gasteiger partial charge is 0.221 e. The van der Waals surface area contributed by atoms with Crippen LogP contribution in [-0.4, -0.2) is 20.7 Å². The highest BCUT2D eigenvalue weighted by Crippen LogP contribution is 2.28. The standard InChI is InChI=1S/C21H17FN4O/c1-12(14-7-2-5-13-6-4-10-24-18(13)14)11-17(27)20-15-8-3-9-16(22)19(15)25-21(23)26-20/h2-10,12H,11H2,1H3,(H2,23,25,26)/t12-/m0/s1. The minimum Gasteiger partial charge on any atom is -0.368 e. The van der Waals surface area contributed by atoms with Crippen molar-refractivity contribution in [1.82, 2.24) is 15.0 Å². The van der Waals surface area contributed by atoms with Crippen molar-refractivity contribution < 1.29 is 9.18 Å². The summed E-state index contributed by atoms with van der Waals surface area (Å²) in [5, 5.41) is 1.39. The quantitative estimate of drug-likeness (QED) is 0.550. The number of nitrogens with two attached hydrogens (primary N) is 1. The van der Waals surface area contributed by atoms with Gasteiger partial charge in [-0.25, -0.2) is 14.4 Å². The first-order valence-electron chi connectivity index (χ1n) is 8.63. The number of benzene rings is 2. The second kappa shape index (κ2) is 6.72. The highest BCUT2D eigenvalue weighted by molar-refractivity contribution is 6.06. The number of ketones is 1. The molecule has 27 heavy (non-hydrogen) atoms. The predicted molar refractivity (Wildman–Crippen MR) is 103 cm³/mol. The number of aromatic nitrogens is 3. The first-order chi connectivity index (χ1) is 13.0. The van der Waals surface area contributed by atoms with E-state index in [0.29, 0.717) is 5.39 Å². The molecule has 0 amide bonds. The lowest BCUT2D eigenvalue weighted by Crippen LogP contribution is -2.11. The Balaban J connectivity index is 1.72. The first-order valence-corrected chi connectivity index (χ1v) is 8.63. The van der Waals surface area contributed by atoms with Gasteiger partial charge in [0.25, 0.3) is 0 Å². The summed E-state index contributed by atoms with van der Waals surface area (Å²) in [6, 6.07) is 14.2. The average Bonchev–Trinajstić information content (AvgIpc) is 2.67. The number of hydrogen-bond acceptors (Lipinski definition) is 5. The van der Waals surface area contributed by atoms with Crippen LogP contribution in [0, 0.1) is 5.82 Å². The van der Waals surface area contributed by atoms with E-state index in [1.165, 1.54) is 12.1 Å². The van der Waals surface area contributed by atoms with Crippen molar-refractivity contribution in [1.29, 1.82) is 0 Å². The van der Waals surface area contributed by atoms with Crippen LogP contribution in [0.4, 0.5) is 10.3 Å². The molecule has 4 rings (SSSR count). The topological polar surface area (TPSA) is 81.8 Å². The fourth-order valence-corrected chi connectivity index (χ4v) is 3.36. The van der Waals surface area contributed by atoms with Gasteiger partial charge < -0.3 is 5.73 Å². The number of rotatable bonds is 4. The third-order valence-corrected chi connectivity index (χ3v) is 4.65. The number of para-hydroxylation sites is 2. The Labute approximate surface area is 155 Å². The second-order valence-electron chi connectivity index (χ2n) is 6.52. The Bertz CT molecular complexity index is 1170. The Morgan fingerprint density at radius 1 is 1.07 bits per heavy atom. The summed E-state index contributed by atoms with van der Waals surface area (Å²) >= 11 is 0. The number of carbonyl (C=O) groups is 1. The molecule has 2 heterocycles. The molecule has 6 heteroatoms. The van der Waals surface area contributed by atoms with E-state index in [1.54, 1.807) is 12.3 Å². The van der Waals surface area contributed by atoms with Crippen molar-refractivity contribution in [2.75, 3.05) is 5.73 Å². The molecule has 4 aromatic rings. The molecular weight excluding hydrogens is 343 g/mol. The Kier molecular flexibility index (Phi) is 4.24. The molecule has 2 aromatic carbocycles. The summed E-state index contributed by atoms with van der Waals surface area (Å²) < 4.78 is 14.0. The molecule has 0 aliphatic carbocycles. The van der Waals surface area contributed by atoms with Gasteiger partial charge in [-0.15, -0.1) is 0 Å². The van der Waals surface area contributed by atoms with Crippen molar-refractivity contribution in [3.63, 3.8) is 0 Å². The van der Waals surface area contributed by atoms with Crippen LogP contribution in [0.25, 0.3) is 21.8 Å². The lowest BCUT2D eigenvalue weighted by Gasteiger charge is -2.14. The van der Waals surface area contributed by atoms with E-state index in [0.717, 1.165) is 16.5 Å². The van der Waals surface area contributed by atoms with Crippen LogP contribution in [-0.2, 0) is 0 Å². The van der Waals surface area contributed by atoms with Gasteiger partial charge in [0, 0.05) is 23.4 Å². The third-order valence-electron chi connectivity index (χ3n) is 4.65. The fourth-order valence-electron chi connectivity index (χ4n) is 3.36. The monoisotopic (exact) mass is 360 g/mol. The summed E-state index contributed by atoms with van der Waals surface area (Å²) in [6.45, 7) is 1.97. The van der Waals surface area contributed by atoms with Crippen molar-refractivity contribution in [3.8, 4) is 0 Å². The molecule has 0 aliphatic rings. The van der Waals surface area contributed by atoms with Gasteiger partial charge in [0.15, 0.2) is 5.78 Å². The lowest BCUT2D eigenvalue weighted by atomic mass is 9.92. The number of anilines is 1. The van der Waals surface area contributed by atoms with E-state index >= 15 is 0 Å². The van der Waals surface area contributed by atoms with Crippen LogP contribution in [0.1, 0.15) is 35.3 Å². The molecule has 0 spiro atoms. The molecule has 0 fully saturated rings. The van der Waals surface area contributed by atoms with E-state index in [1.807, 2.05) is 37.3 Å². The predicted octanol–water partition coefficient (Wildman–Crippen LogP) is 4.28. The SMILES string of the molecule is C[C@@H](CC(=O)c1nc(N)nc2c(F)cccc12)c1cccc2cccnc12. The van der Waals surface area contributed by atoms with Gasteiger partial charge in [-0.3, -0.25) is 9.78 Å². The maximum Gasteiger partial charge on any atom is 0.221 e. The van der Waals surface area contributed by atoms with Crippen LogP contribution >= 0.6 is 0 Å². The van der Waals surface area contributed by atoms with Crippen molar-refractivity contribution >= 4 is 33.5 Å². The van der Waals surface area contributed by atoms with Gasteiger partial charge in [0.1, 0.15) is 17.0 Å². The van der Waals surface area contributed by atoms with Crippen molar-refractivity contribution in [2.45, 2.75) is 19.3 Å². The van der Waals surface area contributed by atoms with Crippen LogP contribution in [0.2, 0.25) is 0 Å². The van der Waals surface area contributed by atoms with E-state index in [-0.39, 0.29) is 35.3 Å². The van der Waals surface area contributed by atoms with Crippen molar-refractivity contribution in [3.05, 3.63) is 71.8 Å². The molecule has 0 unspecified atom stereocenters. The molecule has 1 atom stereocenters. The van der Waals surface area contributed by atoms with Crippen LogP contribution in [0.3, 0.4) is 0 Å². The number of nitrogen functional groups attached to an aromatic ring is 1. The molecule has 0 radical (unpaired) electrons. The van der Waals surface area contributed by atoms with Gasteiger partial charge in [0.05, 0.1) is 5.52 Å². The lowest BCUT2D eigenvalue weighted by molar-refractivity contribution is 0.0973. The van der Waals surface area contributed by atoms with Gasteiger partial charge in [-0.2, -0.15) is 0 Å². The van der Waals surface area contributed by atoms with Gasteiger partial charge >= 0.3 is 0 Å². The van der Waals surface area contributed by atoms with E-state index in [2.05, 4.69) is 15.0 Å². The Hall–Kier alpha value is -3.41. The van der Waals surface area contributed by atoms with Gasteiger partial charge in [0.2, 0.25) is 5.95 Å². The van der Waals surface area contributed by atoms with E-state index in [4.69, 9.17) is 5.73 Å². The molecule has 0 saturated heterocycles. The average molecular weight is 360 g/mol. The molecule has 0 aliphatic heterocycles. The molecule has 2 N–H and O–H groups in total. The summed E-state index contributed by atoms with van der Waals surface area (Å²) in [7, 11) is 0. The highest BCUT2D eigenvalue weighted by atomic mass is 19.1. The Morgan fingerprint density at radius 2 is 1.85 bits per heavy atom. The van der Waals surface area contributed by atoms with Crippen LogP contribution in [0.5, 0.6) is 0 Å². The third kappa shape index (κ3) is 3.10. The highest BCUT2D eigenvalue weighted by Gasteiger charge is 2.20. The number of hydrogen-bond donors (Lipinski definition) is 1. The summed E-state index contributed by atoms with van der Waals surface area (Å²) in [5.74, 6) is -0.937. The first kappa shape index (κ1) is 17.0. The number of carbonyl (C=O) groups excluding carboxylic acids is 1. The van der Waals surface area contributed by atoms with Crippen LogP contribution in [0.15, 0.2) is 54.7 Å². The number of Topliss-reactive ketones (excluding diaryl/α,β-unsaturated/α-hetero) is 1. The minimum absolute atomic E-state index is 0.0628. The maximum absolute atomic E-state index is 14.0. The number of halogens is 1. The molecule has 134 valence electrons. The number of fused-ring (bicyclic) bond motifs is 2.